The summed E-state index contributed by atoms with van der Waals surface area (Å²) in [6.45, 7) is 0.901. The molecule has 1 fully saturated rings. The number of benzene rings is 2. The second-order valence-corrected chi connectivity index (χ2v) is 7.17. The minimum Gasteiger partial charge on any atom is -0.380 e. The van der Waals surface area contributed by atoms with Crippen LogP contribution >= 0.6 is 0 Å². The van der Waals surface area contributed by atoms with Crippen LogP contribution in [0.1, 0.15) is 36.8 Å². The predicted molar refractivity (Wildman–Crippen MR) is 109 cm³/mol. The number of hydrogen-bond acceptors (Lipinski definition) is 3. The standard InChI is InChI=1S/C22H27N3O3/c1-28-16-18-10-7-11-19(14-18)24-20(26)22(12-5-6-13-22)25-21(27)23-15-17-8-3-2-4-9-17/h2-4,7-11,14H,5-6,12-13,15-16H2,1H3,(H,24,26)(H2,23,25,27). The van der Waals surface area contributed by atoms with Gasteiger partial charge in [-0.25, -0.2) is 4.79 Å². The molecule has 2 aromatic rings. The van der Waals surface area contributed by atoms with Crippen molar-refractivity contribution in [2.24, 2.45) is 0 Å². The smallest absolute Gasteiger partial charge is 0.315 e. The minimum atomic E-state index is -0.877. The number of methoxy groups -OCH3 is 1. The third-order valence-electron chi connectivity index (χ3n) is 5.04. The molecule has 0 unspecified atom stereocenters. The van der Waals surface area contributed by atoms with Gasteiger partial charge >= 0.3 is 6.03 Å². The lowest BCUT2D eigenvalue weighted by molar-refractivity contribution is -0.121. The van der Waals surface area contributed by atoms with Crippen molar-refractivity contribution in [3.63, 3.8) is 0 Å². The summed E-state index contributed by atoms with van der Waals surface area (Å²) in [5.41, 5.74) is 1.82. The van der Waals surface area contributed by atoms with E-state index in [-0.39, 0.29) is 11.9 Å². The summed E-state index contributed by atoms with van der Waals surface area (Å²) in [7, 11) is 1.64. The van der Waals surface area contributed by atoms with Gasteiger partial charge in [0.05, 0.1) is 6.61 Å². The van der Waals surface area contributed by atoms with E-state index in [9.17, 15) is 9.59 Å². The second kappa shape index (κ2) is 9.37. The Balaban J connectivity index is 1.63. The first-order chi connectivity index (χ1) is 13.6. The van der Waals surface area contributed by atoms with Crippen LogP contribution in [0, 0.1) is 0 Å². The SMILES string of the molecule is COCc1cccc(NC(=O)C2(NC(=O)NCc3ccccc3)CCCC2)c1. The largest absolute Gasteiger partial charge is 0.380 e. The molecule has 0 heterocycles. The quantitative estimate of drug-likeness (QED) is 0.686. The van der Waals surface area contributed by atoms with Crippen molar-refractivity contribution in [3.05, 3.63) is 65.7 Å². The van der Waals surface area contributed by atoms with E-state index in [1.165, 1.54) is 0 Å². The number of nitrogens with one attached hydrogen (secondary N) is 3. The zero-order valence-electron chi connectivity index (χ0n) is 16.2. The Hall–Kier alpha value is -2.86. The molecule has 1 aliphatic carbocycles. The summed E-state index contributed by atoms with van der Waals surface area (Å²) >= 11 is 0. The summed E-state index contributed by atoms with van der Waals surface area (Å²) in [4.78, 5) is 25.5. The van der Waals surface area contributed by atoms with Crippen LogP contribution in [0.25, 0.3) is 0 Å². The van der Waals surface area contributed by atoms with Gasteiger partial charge in [0.1, 0.15) is 5.54 Å². The molecule has 0 atom stereocenters. The van der Waals surface area contributed by atoms with Gasteiger partial charge in [-0.05, 0) is 36.1 Å². The molecule has 6 nitrogen and oxygen atoms in total. The zero-order chi connectivity index (χ0) is 19.8. The van der Waals surface area contributed by atoms with Crippen LogP contribution in [0.3, 0.4) is 0 Å². The average Bonchev–Trinajstić information content (AvgIpc) is 3.17. The summed E-state index contributed by atoms with van der Waals surface area (Å²) in [6.07, 6.45) is 3.09. The van der Waals surface area contributed by atoms with Gasteiger partial charge in [0, 0.05) is 19.3 Å². The molecule has 0 aromatic heterocycles. The molecule has 0 saturated heterocycles. The fourth-order valence-corrected chi connectivity index (χ4v) is 3.58. The highest BCUT2D eigenvalue weighted by Crippen LogP contribution is 2.31. The molecule has 3 N–H and O–H groups in total. The molecule has 1 aliphatic rings. The highest BCUT2D eigenvalue weighted by Gasteiger charge is 2.42. The Labute approximate surface area is 165 Å². The van der Waals surface area contributed by atoms with Crippen molar-refractivity contribution in [2.75, 3.05) is 12.4 Å². The third-order valence-corrected chi connectivity index (χ3v) is 5.04. The van der Waals surface area contributed by atoms with E-state index in [0.717, 1.165) is 24.0 Å². The maximum atomic E-state index is 13.0. The molecule has 3 amide bonds. The number of amides is 3. The number of rotatable bonds is 7. The van der Waals surface area contributed by atoms with E-state index in [1.807, 2.05) is 54.6 Å². The normalized spacial score (nSPS) is 15.0. The van der Waals surface area contributed by atoms with E-state index >= 15 is 0 Å². The average molecular weight is 381 g/mol. The zero-order valence-corrected chi connectivity index (χ0v) is 16.2. The van der Waals surface area contributed by atoms with Gasteiger partial charge in [-0.3, -0.25) is 4.79 Å². The van der Waals surface area contributed by atoms with Crippen LogP contribution in [0.5, 0.6) is 0 Å². The van der Waals surface area contributed by atoms with Crippen LogP contribution in [-0.2, 0) is 22.7 Å². The predicted octanol–water partition coefficient (Wildman–Crippen LogP) is 3.58. The first-order valence-corrected chi connectivity index (χ1v) is 9.60. The van der Waals surface area contributed by atoms with Crippen LogP contribution in [0.2, 0.25) is 0 Å². The van der Waals surface area contributed by atoms with E-state index in [4.69, 9.17) is 4.74 Å². The van der Waals surface area contributed by atoms with Crippen LogP contribution in [-0.4, -0.2) is 24.6 Å². The van der Waals surface area contributed by atoms with Crippen molar-refractivity contribution in [2.45, 2.75) is 44.4 Å². The fraction of sp³-hybridized carbons (Fsp3) is 0.364. The molecule has 6 heteroatoms. The first kappa shape index (κ1) is 19.9. The van der Waals surface area contributed by atoms with Gasteiger partial charge in [-0.15, -0.1) is 0 Å². The molecular formula is C22H27N3O3. The lowest BCUT2D eigenvalue weighted by Crippen LogP contribution is -2.57. The summed E-state index contributed by atoms with van der Waals surface area (Å²) in [5, 5.41) is 8.75. The van der Waals surface area contributed by atoms with Gasteiger partial charge in [0.25, 0.3) is 0 Å². The Morgan fingerprint density at radius 1 is 1.00 bits per heavy atom. The maximum Gasteiger partial charge on any atom is 0.315 e. The van der Waals surface area contributed by atoms with Gasteiger partial charge < -0.3 is 20.7 Å². The molecule has 3 rings (SSSR count). The van der Waals surface area contributed by atoms with E-state index in [0.29, 0.717) is 31.7 Å². The Morgan fingerprint density at radius 3 is 2.43 bits per heavy atom. The topological polar surface area (TPSA) is 79.5 Å². The molecule has 28 heavy (non-hydrogen) atoms. The van der Waals surface area contributed by atoms with Gasteiger partial charge in [0.2, 0.25) is 5.91 Å². The maximum absolute atomic E-state index is 13.0. The number of carbonyl (C=O) groups is 2. The molecule has 0 aliphatic heterocycles. The fourth-order valence-electron chi connectivity index (χ4n) is 3.58. The Bertz CT molecular complexity index is 802. The van der Waals surface area contributed by atoms with Crippen molar-refractivity contribution < 1.29 is 14.3 Å². The monoisotopic (exact) mass is 381 g/mol. The number of hydrogen-bond donors (Lipinski definition) is 3. The molecule has 2 aromatic carbocycles. The molecular weight excluding hydrogens is 354 g/mol. The van der Waals surface area contributed by atoms with Crippen LogP contribution in [0.15, 0.2) is 54.6 Å². The minimum absolute atomic E-state index is 0.172. The highest BCUT2D eigenvalue weighted by atomic mass is 16.5. The van der Waals surface area contributed by atoms with Crippen molar-refractivity contribution in [1.29, 1.82) is 0 Å². The summed E-state index contributed by atoms with van der Waals surface area (Å²) in [6, 6.07) is 16.9. The first-order valence-electron chi connectivity index (χ1n) is 9.60. The number of ether oxygens (including phenoxy) is 1. The number of urea groups is 1. The molecule has 0 bridgehead atoms. The molecule has 0 radical (unpaired) electrons. The van der Waals surface area contributed by atoms with Crippen LogP contribution in [0.4, 0.5) is 10.5 Å². The lowest BCUT2D eigenvalue weighted by atomic mass is 9.96. The van der Waals surface area contributed by atoms with E-state index in [1.54, 1.807) is 7.11 Å². The third kappa shape index (κ3) is 5.10. The van der Waals surface area contributed by atoms with E-state index in [2.05, 4.69) is 16.0 Å². The van der Waals surface area contributed by atoms with Crippen molar-refractivity contribution in [3.8, 4) is 0 Å². The number of carbonyl (C=O) groups excluding carboxylic acids is 2. The van der Waals surface area contributed by atoms with Gasteiger partial charge in [-0.1, -0.05) is 55.3 Å². The van der Waals surface area contributed by atoms with Crippen molar-refractivity contribution >= 4 is 17.6 Å². The van der Waals surface area contributed by atoms with Crippen LogP contribution < -0.4 is 16.0 Å². The van der Waals surface area contributed by atoms with Gasteiger partial charge in [0.15, 0.2) is 0 Å². The highest BCUT2D eigenvalue weighted by molar-refractivity contribution is 6.00. The second-order valence-electron chi connectivity index (χ2n) is 7.17. The van der Waals surface area contributed by atoms with E-state index < -0.39 is 5.54 Å². The summed E-state index contributed by atoms with van der Waals surface area (Å²) in [5.74, 6) is -0.172. The summed E-state index contributed by atoms with van der Waals surface area (Å²) < 4.78 is 5.15. The molecule has 1 saturated carbocycles. The van der Waals surface area contributed by atoms with Crippen molar-refractivity contribution in [1.82, 2.24) is 10.6 Å². The molecule has 0 spiro atoms. The lowest BCUT2D eigenvalue weighted by Gasteiger charge is -2.29. The number of anilines is 1. The Morgan fingerprint density at radius 2 is 1.71 bits per heavy atom. The molecule has 148 valence electrons. The Kier molecular flexibility index (Phi) is 6.66. The van der Waals surface area contributed by atoms with Gasteiger partial charge in [-0.2, -0.15) is 0 Å².